The van der Waals surface area contributed by atoms with Gasteiger partial charge >= 0.3 is 5.97 Å². The van der Waals surface area contributed by atoms with Gasteiger partial charge in [0, 0.05) is 13.1 Å². The number of hydrogen-bond donors (Lipinski definition) is 1. The summed E-state index contributed by atoms with van der Waals surface area (Å²) in [5.41, 5.74) is -0.282. The lowest BCUT2D eigenvalue weighted by molar-refractivity contribution is -0.171. The van der Waals surface area contributed by atoms with Crippen LogP contribution in [0.15, 0.2) is 0 Å². The molecule has 25 heavy (non-hydrogen) atoms. The van der Waals surface area contributed by atoms with Crippen LogP contribution in [0.4, 0.5) is 4.39 Å². The molecule has 2 unspecified atom stereocenters. The molecule has 5 heteroatoms. The van der Waals surface area contributed by atoms with Gasteiger partial charge in [-0.25, -0.2) is 4.39 Å². The number of halogens is 1. The molecule has 8 atom stereocenters. The second kappa shape index (κ2) is 5.43. The normalized spacial score (nSPS) is 52.3. The molecular formula is C20H30FNO3. The molecule has 0 spiro atoms. The van der Waals surface area contributed by atoms with E-state index < -0.39 is 12.1 Å². The average Bonchev–Trinajstić information content (AvgIpc) is 2.90. The summed E-state index contributed by atoms with van der Waals surface area (Å²) in [6.45, 7) is 4.37. The topological polar surface area (TPSA) is 57.6 Å². The summed E-state index contributed by atoms with van der Waals surface area (Å²) in [6.07, 6.45) is 4.61. The molecule has 0 aromatic carbocycles. The molecule has 0 bridgehead atoms. The van der Waals surface area contributed by atoms with Gasteiger partial charge < -0.3 is 10.0 Å². The molecule has 0 aromatic rings. The summed E-state index contributed by atoms with van der Waals surface area (Å²) in [4.78, 5) is 25.5. The molecule has 4 aliphatic rings. The van der Waals surface area contributed by atoms with Crippen molar-refractivity contribution in [3.05, 3.63) is 0 Å². The fraction of sp³-hybridized carbons (Fsp3) is 0.900. The molecule has 1 amide bonds. The fourth-order valence-electron chi connectivity index (χ4n) is 7.61. The maximum Gasteiger partial charge on any atom is 0.307 e. The van der Waals surface area contributed by atoms with Crippen LogP contribution in [-0.4, -0.2) is 41.1 Å². The number of carboxylic acids is 1. The number of likely N-dealkylation sites (tertiary alicyclic amines) is 1. The molecule has 4 fully saturated rings. The van der Waals surface area contributed by atoms with E-state index in [0.717, 1.165) is 38.5 Å². The fourth-order valence-corrected chi connectivity index (χ4v) is 7.61. The SMILES string of the molecule is CN1C(=O)[C@H](F)C[C@]2(C)C3CC[C@]4(C)[C@@H](C(=O)O)CC[C@H]4C3CC[C@@H]12. The molecule has 1 N–H and O–H groups in total. The van der Waals surface area contributed by atoms with E-state index in [1.54, 1.807) is 11.9 Å². The van der Waals surface area contributed by atoms with E-state index in [1.807, 2.05) is 0 Å². The van der Waals surface area contributed by atoms with Crippen LogP contribution in [0, 0.1) is 34.5 Å². The number of carboxylic acid groups (broad SMARTS) is 1. The lowest BCUT2D eigenvalue weighted by atomic mass is 9.46. The van der Waals surface area contributed by atoms with Crippen molar-refractivity contribution in [2.24, 2.45) is 34.5 Å². The van der Waals surface area contributed by atoms with Gasteiger partial charge in [-0.1, -0.05) is 13.8 Å². The Kier molecular flexibility index (Phi) is 3.76. The van der Waals surface area contributed by atoms with E-state index >= 15 is 0 Å². The van der Waals surface area contributed by atoms with Crippen molar-refractivity contribution >= 4 is 11.9 Å². The molecule has 1 saturated heterocycles. The van der Waals surface area contributed by atoms with Crippen molar-refractivity contribution in [3.8, 4) is 0 Å². The minimum Gasteiger partial charge on any atom is -0.481 e. The average molecular weight is 351 g/mol. The zero-order chi connectivity index (χ0) is 18.1. The van der Waals surface area contributed by atoms with Gasteiger partial charge in [0.15, 0.2) is 6.17 Å². The summed E-state index contributed by atoms with van der Waals surface area (Å²) in [5.74, 6) is 0.104. The first-order valence-corrected chi connectivity index (χ1v) is 9.83. The number of carbonyl (C=O) groups excluding carboxylic acids is 1. The van der Waals surface area contributed by atoms with Crippen molar-refractivity contribution in [2.75, 3.05) is 7.05 Å². The minimum absolute atomic E-state index is 0.109. The van der Waals surface area contributed by atoms with Crippen LogP contribution in [0.2, 0.25) is 0 Å². The highest BCUT2D eigenvalue weighted by Gasteiger charge is 2.63. The highest BCUT2D eigenvalue weighted by atomic mass is 19.1. The van der Waals surface area contributed by atoms with Gasteiger partial charge in [0.1, 0.15) is 0 Å². The Balaban J connectivity index is 1.66. The first-order chi connectivity index (χ1) is 11.7. The van der Waals surface area contributed by atoms with E-state index in [0.29, 0.717) is 24.2 Å². The predicted molar refractivity (Wildman–Crippen MR) is 91.6 cm³/mol. The Morgan fingerprint density at radius 3 is 2.48 bits per heavy atom. The second-order valence-electron chi connectivity index (χ2n) is 9.61. The van der Waals surface area contributed by atoms with Crippen LogP contribution in [0.1, 0.15) is 58.8 Å². The van der Waals surface area contributed by atoms with Crippen LogP contribution in [-0.2, 0) is 9.59 Å². The number of aliphatic carboxylic acids is 1. The molecular weight excluding hydrogens is 321 g/mol. The number of rotatable bonds is 1. The molecule has 0 radical (unpaired) electrons. The lowest BCUT2D eigenvalue weighted by Crippen LogP contribution is -2.64. The van der Waals surface area contributed by atoms with Crippen molar-refractivity contribution < 1.29 is 19.1 Å². The van der Waals surface area contributed by atoms with Crippen LogP contribution >= 0.6 is 0 Å². The van der Waals surface area contributed by atoms with Crippen LogP contribution in [0.3, 0.4) is 0 Å². The van der Waals surface area contributed by atoms with Crippen molar-refractivity contribution in [3.63, 3.8) is 0 Å². The van der Waals surface area contributed by atoms with Crippen molar-refractivity contribution in [1.29, 1.82) is 0 Å². The molecule has 1 heterocycles. The molecule has 4 nitrogen and oxygen atoms in total. The number of fused-ring (bicyclic) bond motifs is 5. The molecule has 0 aromatic heterocycles. The molecule has 1 aliphatic heterocycles. The van der Waals surface area contributed by atoms with E-state index in [-0.39, 0.29) is 28.7 Å². The van der Waals surface area contributed by atoms with Crippen LogP contribution in [0.5, 0.6) is 0 Å². The quantitative estimate of drug-likeness (QED) is 0.787. The van der Waals surface area contributed by atoms with Crippen LogP contribution < -0.4 is 0 Å². The second-order valence-corrected chi connectivity index (χ2v) is 9.61. The monoisotopic (exact) mass is 351 g/mol. The summed E-state index contributed by atoms with van der Waals surface area (Å²) in [7, 11) is 1.76. The number of hydrogen-bond acceptors (Lipinski definition) is 2. The first kappa shape index (κ1) is 17.3. The number of nitrogens with zero attached hydrogens (tertiary/aromatic N) is 1. The van der Waals surface area contributed by atoms with Gasteiger partial charge in [0.05, 0.1) is 5.92 Å². The Bertz CT molecular complexity index is 610. The number of piperidine rings is 1. The van der Waals surface area contributed by atoms with Gasteiger partial charge in [-0.15, -0.1) is 0 Å². The van der Waals surface area contributed by atoms with Gasteiger partial charge in [0.25, 0.3) is 5.91 Å². The zero-order valence-electron chi connectivity index (χ0n) is 15.5. The summed E-state index contributed by atoms with van der Waals surface area (Å²) in [5, 5.41) is 9.66. The van der Waals surface area contributed by atoms with Crippen LogP contribution in [0.25, 0.3) is 0 Å². The Morgan fingerprint density at radius 1 is 1.12 bits per heavy atom. The van der Waals surface area contributed by atoms with Gasteiger partial charge in [-0.3, -0.25) is 9.59 Å². The summed E-state index contributed by atoms with van der Waals surface area (Å²) >= 11 is 0. The van der Waals surface area contributed by atoms with Crippen molar-refractivity contribution in [1.82, 2.24) is 4.90 Å². The third kappa shape index (κ3) is 2.16. The minimum atomic E-state index is -1.38. The largest absolute Gasteiger partial charge is 0.481 e. The van der Waals surface area contributed by atoms with Gasteiger partial charge in [-0.2, -0.15) is 0 Å². The Labute approximate surface area is 149 Å². The molecule has 3 saturated carbocycles. The van der Waals surface area contributed by atoms with E-state index in [1.165, 1.54) is 0 Å². The van der Waals surface area contributed by atoms with E-state index in [9.17, 15) is 19.1 Å². The smallest absolute Gasteiger partial charge is 0.307 e. The van der Waals surface area contributed by atoms with Gasteiger partial charge in [0.2, 0.25) is 0 Å². The number of carbonyl (C=O) groups is 2. The number of alkyl halides is 1. The Morgan fingerprint density at radius 2 is 1.80 bits per heavy atom. The molecule has 3 aliphatic carbocycles. The van der Waals surface area contributed by atoms with E-state index in [2.05, 4.69) is 13.8 Å². The van der Waals surface area contributed by atoms with Crippen molar-refractivity contribution in [2.45, 2.75) is 71.0 Å². The Hall–Kier alpha value is -1.13. The molecule has 140 valence electrons. The zero-order valence-corrected chi connectivity index (χ0v) is 15.5. The third-order valence-electron chi connectivity index (χ3n) is 8.82. The lowest BCUT2D eigenvalue weighted by Gasteiger charge is -2.62. The standard InChI is InChI=1S/C20H30FNO3/c1-19-9-8-13-11(12(19)5-6-14(19)18(24)25)4-7-16-20(13,2)10-15(21)17(23)22(16)3/h11-16H,4-10H2,1-3H3,(H,24,25)/t11?,12-,13?,14+,15+,16+,19-,20+/m0/s1. The third-order valence-corrected chi connectivity index (χ3v) is 8.82. The summed E-state index contributed by atoms with van der Waals surface area (Å²) < 4.78 is 14.4. The molecule has 4 rings (SSSR count). The highest BCUT2D eigenvalue weighted by molar-refractivity contribution is 5.82. The maximum absolute atomic E-state index is 14.4. The highest BCUT2D eigenvalue weighted by Crippen LogP contribution is 2.66. The number of amides is 1. The van der Waals surface area contributed by atoms with Gasteiger partial charge in [-0.05, 0) is 73.5 Å². The first-order valence-electron chi connectivity index (χ1n) is 9.83. The predicted octanol–water partition coefficient (Wildman–Crippen LogP) is 3.50. The summed E-state index contributed by atoms with van der Waals surface area (Å²) in [6, 6.07) is 0.134. The maximum atomic E-state index is 14.4. The van der Waals surface area contributed by atoms with E-state index in [4.69, 9.17) is 0 Å².